The molecule has 0 saturated carbocycles. The Hall–Kier alpha value is -2.93. The highest BCUT2D eigenvalue weighted by Crippen LogP contribution is 2.28. The second-order valence-electron chi connectivity index (χ2n) is 4.80. The van der Waals surface area contributed by atoms with Gasteiger partial charge < -0.3 is 9.47 Å². The average molecular weight is 341 g/mol. The number of anilines is 1. The molecule has 2 aromatic carbocycles. The average Bonchev–Trinajstić information content (AvgIpc) is 3.10. The minimum absolute atomic E-state index is 0.315. The minimum atomic E-state index is -0.315. The minimum Gasteiger partial charge on any atom is -0.497 e. The molecule has 0 saturated heterocycles. The van der Waals surface area contributed by atoms with E-state index in [9.17, 15) is 4.79 Å². The number of nitrogens with zero attached hydrogens (tertiary/aromatic N) is 2. The molecule has 1 heterocycles. The molecule has 24 heavy (non-hydrogen) atoms. The summed E-state index contributed by atoms with van der Waals surface area (Å²) >= 11 is 1.31. The van der Waals surface area contributed by atoms with Crippen molar-refractivity contribution in [1.82, 2.24) is 10.2 Å². The molecular formula is C17H15N3O3S. The lowest BCUT2D eigenvalue weighted by Crippen LogP contribution is -2.13. The Balaban J connectivity index is 1.79. The molecule has 0 aliphatic heterocycles. The summed E-state index contributed by atoms with van der Waals surface area (Å²) in [6, 6.07) is 14.7. The van der Waals surface area contributed by atoms with Crippen LogP contribution in [-0.4, -0.2) is 30.3 Å². The van der Waals surface area contributed by atoms with Crippen molar-refractivity contribution >= 4 is 22.4 Å². The standard InChI is InChI=1S/C17H15N3O3S/c1-22-12-8-9-13(14(10-12)23-2)15(21)18-17-20-19-16(24-17)11-6-4-3-5-7-11/h3-10H,1-2H3,(H,18,20,21). The largest absolute Gasteiger partial charge is 0.497 e. The lowest BCUT2D eigenvalue weighted by molar-refractivity contribution is 0.102. The van der Waals surface area contributed by atoms with E-state index in [4.69, 9.17) is 9.47 Å². The van der Waals surface area contributed by atoms with Crippen LogP contribution >= 0.6 is 11.3 Å². The molecule has 0 fully saturated rings. The zero-order valence-corrected chi connectivity index (χ0v) is 14.0. The maximum Gasteiger partial charge on any atom is 0.261 e. The molecular weight excluding hydrogens is 326 g/mol. The van der Waals surface area contributed by atoms with Crippen LogP contribution in [0, 0.1) is 0 Å². The Morgan fingerprint density at radius 1 is 1.04 bits per heavy atom. The SMILES string of the molecule is COc1ccc(C(=O)Nc2nnc(-c3ccccc3)s2)c(OC)c1. The van der Waals surface area contributed by atoms with Gasteiger partial charge in [0.05, 0.1) is 19.8 Å². The number of carbonyl (C=O) groups excluding carboxylic acids is 1. The Kier molecular flexibility index (Phi) is 4.72. The van der Waals surface area contributed by atoms with Crippen LogP contribution in [0.15, 0.2) is 48.5 Å². The molecule has 0 aliphatic carbocycles. The lowest BCUT2D eigenvalue weighted by atomic mass is 10.2. The molecule has 0 radical (unpaired) electrons. The number of amides is 1. The van der Waals surface area contributed by atoms with Gasteiger partial charge in [-0.25, -0.2) is 0 Å². The van der Waals surface area contributed by atoms with Crippen molar-refractivity contribution in [2.75, 3.05) is 19.5 Å². The van der Waals surface area contributed by atoms with Crippen molar-refractivity contribution in [2.45, 2.75) is 0 Å². The third-order valence-corrected chi connectivity index (χ3v) is 4.21. The normalized spacial score (nSPS) is 10.2. The first-order valence-corrected chi connectivity index (χ1v) is 7.95. The van der Waals surface area contributed by atoms with Crippen LogP contribution in [0.4, 0.5) is 5.13 Å². The van der Waals surface area contributed by atoms with Gasteiger partial charge in [0.2, 0.25) is 5.13 Å². The van der Waals surface area contributed by atoms with E-state index in [0.29, 0.717) is 22.2 Å². The van der Waals surface area contributed by atoms with E-state index in [-0.39, 0.29) is 5.91 Å². The van der Waals surface area contributed by atoms with E-state index >= 15 is 0 Å². The summed E-state index contributed by atoms with van der Waals surface area (Å²) < 4.78 is 10.4. The Morgan fingerprint density at radius 2 is 1.83 bits per heavy atom. The molecule has 1 amide bonds. The van der Waals surface area contributed by atoms with Gasteiger partial charge in [0.1, 0.15) is 16.5 Å². The first kappa shape index (κ1) is 15.9. The van der Waals surface area contributed by atoms with Gasteiger partial charge in [-0.3, -0.25) is 10.1 Å². The molecule has 1 N–H and O–H groups in total. The number of methoxy groups -OCH3 is 2. The van der Waals surface area contributed by atoms with Gasteiger partial charge in [-0.1, -0.05) is 41.7 Å². The molecule has 0 atom stereocenters. The molecule has 3 aromatic rings. The second kappa shape index (κ2) is 7.10. The number of rotatable bonds is 5. The topological polar surface area (TPSA) is 73.3 Å². The molecule has 6 nitrogen and oxygen atoms in total. The highest BCUT2D eigenvalue weighted by atomic mass is 32.1. The number of benzene rings is 2. The van der Waals surface area contributed by atoms with Crippen LogP contribution in [-0.2, 0) is 0 Å². The summed E-state index contributed by atoms with van der Waals surface area (Å²) in [5.41, 5.74) is 1.35. The third kappa shape index (κ3) is 3.36. The zero-order valence-electron chi connectivity index (χ0n) is 13.1. The van der Waals surface area contributed by atoms with Crippen molar-refractivity contribution in [3.8, 4) is 22.1 Å². The van der Waals surface area contributed by atoms with E-state index < -0.39 is 0 Å². The molecule has 1 aromatic heterocycles. The fourth-order valence-electron chi connectivity index (χ4n) is 2.12. The second-order valence-corrected chi connectivity index (χ2v) is 5.78. The summed E-state index contributed by atoms with van der Waals surface area (Å²) in [7, 11) is 3.06. The summed E-state index contributed by atoms with van der Waals surface area (Å²) in [5, 5.41) is 12.0. The van der Waals surface area contributed by atoms with Crippen LogP contribution in [0.1, 0.15) is 10.4 Å². The van der Waals surface area contributed by atoms with Gasteiger partial charge in [0.25, 0.3) is 5.91 Å². The van der Waals surface area contributed by atoms with Gasteiger partial charge in [0, 0.05) is 11.6 Å². The predicted molar refractivity (Wildman–Crippen MR) is 92.8 cm³/mol. The number of hydrogen-bond acceptors (Lipinski definition) is 6. The fraction of sp³-hybridized carbons (Fsp3) is 0.118. The van der Waals surface area contributed by atoms with Crippen molar-refractivity contribution in [1.29, 1.82) is 0 Å². The van der Waals surface area contributed by atoms with Crippen LogP contribution in [0.5, 0.6) is 11.5 Å². The smallest absolute Gasteiger partial charge is 0.261 e. The van der Waals surface area contributed by atoms with Gasteiger partial charge in [-0.15, -0.1) is 10.2 Å². The monoisotopic (exact) mass is 341 g/mol. The summed E-state index contributed by atoms with van der Waals surface area (Å²) in [6.07, 6.45) is 0. The summed E-state index contributed by atoms with van der Waals surface area (Å²) in [4.78, 5) is 12.4. The molecule has 122 valence electrons. The van der Waals surface area contributed by atoms with Crippen molar-refractivity contribution < 1.29 is 14.3 Å². The number of aromatic nitrogens is 2. The molecule has 7 heteroatoms. The Morgan fingerprint density at radius 3 is 2.54 bits per heavy atom. The molecule has 0 aliphatic rings. The zero-order chi connectivity index (χ0) is 16.9. The third-order valence-electron chi connectivity index (χ3n) is 3.32. The lowest BCUT2D eigenvalue weighted by Gasteiger charge is -2.09. The predicted octanol–water partition coefficient (Wildman–Crippen LogP) is 3.47. The maximum absolute atomic E-state index is 12.4. The molecule has 0 unspecified atom stereocenters. The number of nitrogens with one attached hydrogen (secondary N) is 1. The molecule has 0 spiro atoms. The van der Waals surface area contributed by atoms with Crippen LogP contribution in [0.25, 0.3) is 10.6 Å². The Bertz CT molecular complexity index is 849. The summed E-state index contributed by atoms with van der Waals surface area (Å²) in [5.74, 6) is 0.732. The van der Waals surface area contributed by atoms with E-state index in [1.54, 1.807) is 25.3 Å². The van der Waals surface area contributed by atoms with Gasteiger partial charge in [0.15, 0.2) is 0 Å². The first-order chi connectivity index (χ1) is 11.7. The van der Waals surface area contributed by atoms with Crippen molar-refractivity contribution in [3.63, 3.8) is 0 Å². The quantitative estimate of drug-likeness (QED) is 0.769. The number of hydrogen-bond donors (Lipinski definition) is 1. The number of carbonyl (C=O) groups is 1. The summed E-state index contributed by atoms with van der Waals surface area (Å²) in [6.45, 7) is 0. The van der Waals surface area contributed by atoms with E-state index in [1.165, 1.54) is 18.4 Å². The highest BCUT2D eigenvalue weighted by Gasteiger charge is 2.16. The molecule has 0 bridgehead atoms. The molecule has 3 rings (SSSR count). The van der Waals surface area contributed by atoms with Crippen molar-refractivity contribution in [2.24, 2.45) is 0 Å². The van der Waals surface area contributed by atoms with Crippen molar-refractivity contribution in [3.05, 3.63) is 54.1 Å². The highest BCUT2D eigenvalue weighted by molar-refractivity contribution is 7.18. The van der Waals surface area contributed by atoms with Crippen LogP contribution < -0.4 is 14.8 Å². The van der Waals surface area contributed by atoms with E-state index in [2.05, 4.69) is 15.5 Å². The van der Waals surface area contributed by atoms with Crippen LogP contribution in [0.3, 0.4) is 0 Å². The number of ether oxygens (including phenoxy) is 2. The maximum atomic E-state index is 12.4. The van der Waals surface area contributed by atoms with E-state index in [0.717, 1.165) is 10.6 Å². The Labute approximate surface area is 143 Å². The van der Waals surface area contributed by atoms with Gasteiger partial charge in [-0.2, -0.15) is 0 Å². The van der Waals surface area contributed by atoms with Gasteiger partial charge in [-0.05, 0) is 12.1 Å². The first-order valence-electron chi connectivity index (χ1n) is 7.13. The fourth-order valence-corrected chi connectivity index (χ4v) is 2.87. The van der Waals surface area contributed by atoms with Gasteiger partial charge >= 0.3 is 0 Å². The van der Waals surface area contributed by atoms with E-state index in [1.807, 2.05) is 30.3 Å². The van der Waals surface area contributed by atoms with Crippen LogP contribution in [0.2, 0.25) is 0 Å².